The Morgan fingerprint density at radius 2 is 1.71 bits per heavy atom. The summed E-state index contributed by atoms with van der Waals surface area (Å²) in [6, 6.07) is 17.9. The topological polar surface area (TPSA) is 60.9 Å². The van der Waals surface area contributed by atoms with E-state index < -0.39 is 0 Å². The molecular weight excluding hydrogens is 262 g/mol. The van der Waals surface area contributed by atoms with Gasteiger partial charge in [-0.1, -0.05) is 48.5 Å². The van der Waals surface area contributed by atoms with Crippen LogP contribution in [0.1, 0.15) is 11.1 Å². The van der Waals surface area contributed by atoms with Gasteiger partial charge in [-0.05, 0) is 11.6 Å². The van der Waals surface area contributed by atoms with Gasteiger partial charge in [-0.15, -0.1) is 0 Å². The first-order chi connectivity index (χ1) is 10.4. The van der Waals surface area contributed by atoms with Crippen LogP contribution in [0.15, 0.2) is 60.8 Å². The Kier molecular flexibility index (Phi) is 3.98. The van der Waals surface area contributed by atoms with E-state index in [4.69, 9.17) is 0 Å². The zero-order valence-corrected chi connectivity index (χ0v) is 11.6. The number of nitrogens with one attached hydrogen (secondary N) is 2. The van der Waals surface area contributed by atoms with Crippen LogP contribution in [0.25, 0.3) is 11.3 Å². The number of rotatable bonds is 5. The fourth-order valence-corrected chi connectivity index (χ4v) is 2.32. The zero-order valence-electron chi connectivity index (χ0n) is 11.6. The third kappa shape index (κ3) is 2.95. The number of aliphatic hydroxyl groups excluding tert-OH is 1. The highest BCUT2D eigenvalue weighted by molar-refractivity contribution is 5.63. The standard InChI is InChI=1S/C17H17N3O/c21-12-14-8-4-5-9-16(14)18-10-15-11-19-20-17(15)13-6-2-1-3-7-13/h1-9,11,18,21H,10,12H2,(H,19,20). The van der Waals surface area contributed by atoms with E-state index >= 15 is 0 Å². The van der Waals surface area contributed by atoms with Crippen molar-refractivity contribution in [2.24, 2.45) is 0 Å². The first-order valence-electron chi connectivity index (χ1n) is 6.89. The summed E-state index contributed by atoms with van der Waals surface area (Å²) >= 11 is 0. The number of hydrogen-bond donors (Lipinski definition) is 3. The minimum Gasteiger partial charge on any atom is -0.392 e. The van der Waals surface area contributed by atoms with Crippen molar-refractivity contribution in [2.75, 3.05) is 5.32 Å². The second kappa shape index (κ2) is 6.24. The molecule has 106 valence electrons. The van der Waals surface area contributed by atoms with E-state index in [0.717, 1.165) is 28.1 Å². The molecular formula is C17H17N3O. The second-order valence-electron chi connectivity index (χ2n) is 4.81. The molecule has 1 aromatic heterocycles. The molecule has 4 nitrogen and oxygen atoms in total. The van der Waals surface area contributed by atoms with Crippen LogP contribution < -0.4 is 5.32 Å². The molecule has 0 fully saturated rings. The molecule has 0 aliphatic carbocycles. The SMILES string of the molecule is OCc1ccccc1NCc1cn[nH]c1-c1ccccc1. The minimum atomic E-state index is 0.0279. The highest BCUT2D eigenvalue weighted by atomic mass is 16.3. The molecule has 0 atom stereocenters. The third-order valence-corrected chi connectivity index (χ3v) is 3.44. The van der Waals surface area contributed by atoms with Crippen LogP contribution in [-0.4, -0.2) is 15.3 Å². The summed E-state index contributed by atoms with van der Waals surface area (Å²) in [5.41, 5.74) is 5.06. The van der Waals surface area contributed by atoms with E-state index in [-0.39, 0.29) is 6.61 Å². The second-order valence-corrected chi connectivity index (χ2v) is 4.81. The van der Waals surface area contributed by atoms with Crippen LogP contribution in [0.3, 0.4) is 0 Å². The number of para-hydroxylation sites is 1. The lowest BCUT2D eigenvalue weighted by atomic mass is 10.1. The number of aromatic nitrogens is 2. The summed E-state index contributed by atoms with van der Waals surface area (Å²) in [4.78, 5) is 0. The molecule has 0 radical (unpaired) electrons. The maximum absolute atomic E-state index is 9.35. The Morgan fingerprint density at radius 3 is 2.52 bits per heavy atom. The molecule has 0 bridgehead atoms. The van der Waals surface area contributed by atoms with Gasteiger partial charge in [0.05, 0.1) is 18.5 Å². The maximum atomic E-state index is 9.35. The highest BCUT2D eigenvalue weighted by Crippen LogP contribution is 2.22. The number of H-pyrrole nitrogens is 1. The van der Waals surface area contributed by atoms with E-state index in [2.05, 4.69) is 27.6 Å². The largest absolute Gasteiger partial charge is 0.392 e. The summed E-state index contributed by atoms with van der Waals surface area (Å²) in [6.07, 6.45) is 1.83. The maximum Gasteiger partial charge on any atom is 0.0701 e. The molecule has 4 heteroatoms. The number of aromatic amines is 1. The minimum absolute atomic E-state index is 0.0279. The molecule has 0 saturated carbocycles. The lowest BCUT2D eigenvalue weighted by Gasteiger charge is -2.10. The molecule has 0 saturated heterocycles. The Morgan fingerprint density at radius 1 is 0.952 bits per heavy atom. The Balaban J connectivity index is 1.79. The molecule has 1 heterocycles. The fourth-order valence-electron chi connectivity index (χ4n) is 2.32. The first kappa shape index (κ1) is 13.4. The normalized spacial score (nSPS) is 10.5. The molecule has 3 aromatic rings. The van der Waals surface area contributed by atoms with Crippen molar-refractivity contribution in [3.8, 4) is 11.3 Å². The predicted octanol–water partition coefficient (Wildman–Crippen LogP) is 3.18. The first-order valence-corrected chi connectivity index (χ1v) is 6.89. The molecule has 3 rings (SSSR count). The fraction of sp³-hybridized carbons (Fsp3) is 0.118. The van der Waals surface area contributed by atoms with Crippen molar-refractivity contribution in [1.29, 1.82) is 0 Å². The van der Waals surface area contributed by atoms with Gasteiger partial charge in [0, 0.05) is 23.4 Å². The lowest BCUT2D eigenvalue weighted by Crippen LogP contribution is -2.02. The Labute approximate surface area is 123 Å². The number of hydrogen-bond acceptors (Lipinski definition) is 3. The van der Waals surface area contributed by atoms with Gasteiger partial charge < -0.3 is 10.4 Å². The summed E-state index contributed by atoms with van der Waals surface area (Å²) in [5.74, 6) is 0. The highest BCUT2D eigenvalue weighted by Gasteiger charge is 2.08. The smallest absolute Gasteiger partial charge is 0.0701 e. The van der Waals surface area contributed by atoms with Gasteiger partial charge in [0.25, 0.3) is 0 Å². The molecule has 0 unspecified atom stereocenters. The molecule has 2 aromatic carbocycles. The molecule has 0 aliphatic heterocycles. The van der Waals surface area contributed by atoms with Gasteiger partial charge in [-0.25, -0.2) is 0 Å². The summed E-state index contributed by atoms with van der Waals surface area (Å²) in [7, 11) is 0. The average molecular weight is 279 g/mol. The van der Waals surface area contributed by atoms with Crippen LogP contribution in [0.2, 0.25) is 0 Å². The Bertz CT molecular complexity index is 707. The van der Waals surface area contributed by atoms with Crippen LogP contribution in [0, 0.1) is 0 Å². The monoisotopic (exact) mass is 279 g/mol. The summed E-state index contributed by atoms with van der Waals surface area (Å²) in [5, 5.41) is 19.9. The van der Waals surface area contributed by atoms with Crippen molar-refractivity contribution < 1.29 is 5.11 Å². The van der Waals surface area contributed by atoms with Crippen molar-refractivity contribution in [3.63, 3.8) is 0 Å². The van der Waals surface area contributed by atoms with E-state index in [9.17, 15) is 5.11 Å². The number of aliphatic hydroxyl groups is 1. The summed E-state index contributed by atoms with van der Waals surface area (Å²) < 4.78 is 0. The number of nitrogens with zero attached hydrogens (tertiary/aromatic N) is 1. The van der Waals surface area contributed by atoms with Crippen LogP contribution in [0.5, 0.6) is 0 Å². The van der Waals surface area contributed by atoms with Gasteiger partial charge >= 0.3 is 0 Å². The van der Waals surface area contributed by atoms with Crippen LogP contribution in [-0.2, 0) is 13.2 Å². The molecule has 0 aliphatic rings. The van der Waals surface area contributed by atoms with Crippen molar-refractivity contribution in [1.82, 2.24) is 10.2 Å². The van der Waals surface area contributed by atoms with E-state index in [1.165, 1.54) is 0 Å². The summed E-state index contributed by atoms with van der Waals surface area (Å²) in [6.45, 7) is 0.678. The van der Waals surface area contributed by atoms with Gasteiger partial charge in [0.15, 0.2) is 0 Å². The molecule has 21 heavy (non-hydrogen) atoms. The van der Waals surface area contributed by atoms with E-state index in [0.29, 0.717) is 6.54 Å². The van der Waals surface area contributed by atoms with Gasteiger partial charge in [-0.2, -0.15) is 5.10 Å². The van der Waals surface area contributed by atoms with Crippen molar-refractivity contribution >= 4 is 5.69 Å². The van der Waals surface area contributed by atoms with Crippen LogP contribution in [0.4, 0.5) is 5.69 Å². The van der Waals surface area contributed by atoms with Crippen molar-refractivity contribution in [3.05, 3.63) is 71.9 Å². The van der Waals surface area contributed by atoms with Gasteiger partial charge in [0.2, 0.25) is 0 Å². The van der Waals surface area contributed by atoms with Crippen molar-refractivity contribution in [2.45, 2.75) is 13.2 Å². The average Bonchev–Trinajstić information content (AvgIpc) is 3.02. The molecule has 3 N–H and O–H groups in total. The predicted molar refractivity (Wildman–Crippen MR) is 83.7 cm³/mol. The van der Waals surface area contributed by atoms with Gasteiger partial charge in [0.1, 0.15) is 0 Å². The van der Waals surface area contributed by atoms with E-state index in [1.54, 1.807) is 0 Å². The van der Waals surface area contributed by atoms with Crippen LogP contribution >= 0.6 is 0 Å². The molecule has 0 spiro atoms. The van der Waals surface area contributed by atoms with E-state index in [1.807, 2.05) is 48.7 Å². The number of benzene rings is 2. The lowest BCUT2D eigenvalue weighted by molar-refractivity contribution is 0.282. The Hall–Kier alpha value is -2.59. The quantitative estimate of drug-likeness (QED) is 0.672. The molecule has 0 amide bonds. The van der Waals surface area contributed by atoms with Gasteiger partial charge in [-0.3, -0.25) is 5.10 Å². The number of anilines is 1. The third-order valence-electron chi connectivity index (χ3n) is 3.44. The zero-order chi connectivity index (χ0) is 14.5.